The van der Waals surface area contributed by atoms with Crippen LogP contribution in [-0.2, 0) is 14.3 Å². The second kappa shape index (κ2) is 10.3. The predicted octanol–water partition coefficient (Wildman–Crippen LogP) is 5.23. The largest absolute Gasteiger partial charge is 0.444 e. The highest BCUT2D eigenvalue weighted by Gasteiger charge is 2.38. The number of anilines is 1. The van der Waals surface area contributed by atoms with Crippen molar-refractivity contribution in [1.29, 1.82) is 0 Å². The maximum Gasteiger partial charge on any atom is 0.410 e. The molecular weight excluding hydrogens is 454 g/mol. The molecule has 2 N–H and O–H groups in total. The van der Waals surface area contributed by atoms with Crippen molar-refractivity contribution < 1.29 is 19.1 Å². The van der Waals surface area contributed by atoms with E-state index in [2.05, 4.69) is 48.7 Å². The monoisotopic (exact) mass is 491 g/mol. The minimum absolute atomic E-state index is 0.0426. The fourth-order valence-electron chi connectivity index (χ4n) is 4.24. The summed E-state index contributed by atoms with van der Waals surface area (Å²) in [4.78, 5) is 39.6. The number of carbonyl (C=O) groups is 3. The van der Waals surface area contributed by atoms with Crippen LogP contribution in [0.25, 0.3) is 0 Å². The van der Waals surface area contributed by atoms with Crippen molar-refractivity contribution in [2.24, 2.45) is 11.8 Å². The number of nitrogens with one attached hydrogen (secondary N) is 2. The Bertz CT molecular complexity index is 1110. The van der Waals surface area contributed by atoms with Crippen molar-refractivity contribution in [3.63, 3.8) is 0 Å². The molecule has 1 aliphatic heterocycles. The molecule has 192 valence electrons. The molecule has 7 heteroatoms. The van der Waals surface area contributed by atoms with Crippen LogP contribution < -0.4 is 10.6 Å². The molecule has 36 heavy (non-hydrogen) atoms. The van der Waals surface area contributed by atoms with Crippen LogP contribution in [-0.4, -0.2) is 41.5 Å². The summed E-state index contributed by atoms with van der Waals surface area (Å²) in [5, 5.41) is 6.26. The number of carbonyl (C=O) groups excluding carboxylic acids is 3. The summed E-state index contributed by atoms with van der Waals surface area (Å²) in [6, 6.07) is 15.5. The minimum Gasteiger partial charge on any atom is -0.444 e. The Kier molecular flexibility index (Phi) is 7.38. The molecular formula is C29H37N3O4. The molecule has 2 aromatic carbocycles. The van der Waals surface area contributed by atoms with Crippen LogP contribution in [0.2, 0.25) is 0 Å². The molecule has 0 spiro atoms. The number of benzene rings is 2. The first-order chi connectivity index (χ1) is 17.0. The lowest BCUT2D eigenvalue weighted by molar-refractivity contribution is -0.124. The van der Waals surface area contributed by atoms with Crippen LogP contribution in [0, 0.1) is 11.8 Å². The predicted molar refractivity (Wildman–Crippen MR) is 140 cm³/mol. The minimum atomic E-state index is -0.573. The van der Waals surface area contributed by atoms with Crippen molar-refractivity contribution in [3.8, 4) is 0 Å². The second-order valence-corrected chi connectivity index (χ2v) is 11.2. The van der Waals surface area contributed by atoms with Gasteiger partial charge in [0.15, 0.2) is 0 Å². The number of amides is 3. The zero-order valence-electron chi connectivity index (χ0n) is 21.8. The zero-order valence-corrected chi connectivity index (χ0v) is 21.8. The first-order valence-electron chi connectivity index (χ1n) is 12.8. The van der Waals surface area contributed by atoms with Gasteiger partial charge in [0.1, 0.15) is 5.60 Å². The molecule has 0 aromatic heterocycles. The lowest BCUT2D eigenvalue weighted by Gasteiger charge is -2.38. The van der Waals surface area contributed by atoms with Crippen LogP contribution in [0.1, 0.15) is 76.1 Å². The fourth-order valence-corrected chi connectivity index (χ4v) is 4.24. The van der Waals surface area contributed by atoms with Gasteiger partial charge in [0.05, 0.1) is 12.0 Å². The van der Waals surface area contributed by atoms with Crippen molar-refractivity contribution >= 4 is 23.6 Å². The third kappa shape index (κ3) is 6.25. The summed E-state index contributed by atoms with van der Waals surface area (Å²) in [5.74, 6) is 0.0620. The summed E-state index contributed by atoms with van der Waals surface area (Å²) in [5.41, 5.74) is 3.12. The van der Waals surface area contributed by atoms with Crippen molar-refractivity contribution in [2.75, 3.05) is 18.4 Å². The molecule has 3 amide bonds. The van der Waals surface area contributed by atoms with Gasteiger partial charge in [-0.1, -0.05) is 56.3 Å². The third-order valence-corrected chi connectivity index (χ3v) is 6.60. The summed E-state index contributed by atoms with van der Waals surface area (Å²) < 4.78 is 5.39. The normalized spacial score (nSPS) is 16.8. The average Bonchev–Trinajstić information content (AvgIpc) is 3.61. The van der Waals surface area contributed by atoms with Gasteiger partial charge in [-0.05, 0) is 56.7 Å². The lowest BCUT2D eigenvalue weighted by Crippen LogP contribution is -2.55. The Morgan fingerprint density at radius 2 is 1.50 bits per heavy atom. The second-order valence-electron chi connectivity index (χ2n) is 11.2. The number of nitrogens with zero attached hydrogens (tertiary/aromatic N) is 1. The standard InChI is InChI=1S/C29H37N3O4/c1-18(2)19-10-12-20(13-11-19)25(31-26(33)21-14-15-21)23-8-6-7-9-24(23)30-27(34)22-16-32(17-22)28(35)36-29(3,4)5/h6-13,18,21-22,25H,14-17H2,1-5H3,(H,30,34)(H,31,33)/t25-/m1/s1. The number of ether oxygens (including phenoxy) is 1. The molecule has 1 saturated heterocycles. The Hall–Kier alpha value is -3.35. The van der Waals surface area contributed by atoms with Gasteiger partial charge < -0.3 is 20.3 Å². The molecule has 1 atom stereocenters. The highest BCUT2D eigenvalue weighted by Crippen LogP contribution is 2.34. The summed E-state index contributed by atoms with van der Waals surface area (Å²) in [6.45, 7) is 10.4. The molecule has 1 saturated carbocycles. The van der Waals surface area contributed by atoms with Crippen molar-refractivity contribution in [3.05, 3.63) is 65.2 Å². The molecule has 0 bridgehead atoms. The molecule has 2 fully saturated rings. The molecule has 2 aliphatic rings. The average molecular weight is 492 g/mol. The van der Waals surface area contributed by atoms with Crippen LogP contribution >= 0.6 is 0 Å². The third-order valence-electron chi connectivity index (χ3n) is 6.60. The van der Waals surface area contributed by atoms with Crippen LogP contribution in [0.5, 0.6) is 0 Å². The lowest BCUT2D eigenvalue weighted by atomic mass is 9.93. The van der Waals surface area contributed by atoms with Gasteiger partial charge in [0, 0.05) is 30.3 Å². The quantitative estimate of drug-likeness (QED) is 0.555. The number of hydrogen-bond donors (Lipinski definition) is 2. The van der Waals surface area contributed by atoms with Gasteiger partial charge in [0.2, 0.25) is 11.8 Å². The van der Waals surface area contributed by atoms with E-state index in [1.807, 2.05) is 45.0 Å². The van der Waals surface area contributed by atoms with Crippen LogP contribution in [0.15, 0.2) is 48.5 Å². The van der Waals surface area contributed by atoms with E-state index >= 15 is 0 Å². The van der Waals surface area contributed by atoms with Gasteiger partial charge in [-0.2, -0.15) is 0 Å². The van der Waals surface area contributed by atoms with Crippen LogP contribution in [0.4, 0.5) is 10.5 Å². The van der Waals surface area contributed by atoms with E-state index in [1.54, 1.807) is 0 Å². The van der Waals surface area contributed by atoms with E-state index in [0.29, 0.717) is 24.7 Å². The first kappa shape index (κ1) is 25.7. The summed E-state index contributed by atoms with van der Waals surface area (Å²) in [7, 11) is 0. The molecule has 2 aromatic rings. The first-order valence-corrected chi connectivity index (χ1v) is 12.8. The van der Waals surface area contributed by atoms with Gasteiger partial charge in [-0.15, -0.1) is 0 Å². The highest BCUT2D eigenvalue weighted by atomic mass is 16.6. The summed E-state index contributed by atoms with van der Waals surface area (Å²) in [6.07, 6.45) is 1.43. The molecule has 4 rings (SSSR count). The topological polar surface area (TPSA) is 87.7 Å². The van der Waals surface area contributed by atoms with Crippen LogP contribution in [0.3, 0.4) is 0 Å². The van der Waals surface area contributed by atoms with Crippen molar-refractivity contribution in [2.45, 2.75) is 65.0 Å². The fraction of sp³-hybridized carbons (Fsp3) is 0.483. The van der Waals surface area contributed by atoms with E-state index in [-0.39, 0.29) is 29.7 Å². The Balaban J connectivity index is 1.50. The summed E-state index contributed by atoms with van der Waals surface area (Å²) >= 11 is 0. The molecule has 0 radical (unpaired) electrons. The van der Waals surface area contributed by atoms with Gasteiger partial charge >= 0.3 is 6.09 Å². The van der Waals surface area contributed by atoms with Crippen molar-refractivity contribution in [1.82, 2.24) is 10.2 Å². The number of hydrogen-bond acceptors (Lipinski definition) is 4. The molecule has 0 unspecified atom stereocenters. The Morgan fingerprint density at radius 3 is 2.08 bits per heavy atom. The molecule has 7 nitrogen and oxygen atoms in total. The maximum absolute atomic E-state index is 13.0. The maximum atomic E-state index is 13.0. The Labute approximate surface area is 213 Å². The SMILES string of the molecule is CC(C)c1ccc([C@@H](NC(=O)C2CC2)c2ccccc2NC(=O)C2CN(C(=O)OC(C)(C)C)C2)cc1. The molecule has 1 aliphatic carbocycles. The van der Waals surface area contributed by atoms with Gasteiger partial charge in [0.25, 0.3) is 0 Å². The van der Waals surface area contributed by atoms with E-state index in [9.17, 15) is 14.4 Å². The van der Waals surface area contributed by atoms with Gasteiger partial charge in [-0.3, -0.25) is 9.59 Å². The highest BCUT2D eigenvalue weighted by molar-refractivity contribution is 5.95. The number of likely N-dealkylation sites (tertiary alicyclic amines) is 1. The van der Waals surface area contributed by atoms with E-state index in [0.717, 1.165) is 24.0 Å². The zero-order chi connectivity index (χ0) is 26.0. The van der Waals surface area contributed by atoms with E-state index in [1.165, 1.54) is 10.5 Å². The number of para-hydroxylation sites is 1. The number of rotatable bonds is 7. The van der Waals surface area contributed by atoms with Gasteiger partial charge in [-0.25, -0.2) is 4.79 Å². The van der Waals surface area contributed by atoms with E-state index < -0.39 is 11.7 Å². The smallest absolute Gasteiger partial charge is 0.410 e. The molecule has 1 heterocycles. The Morgan fingerprint density at radius 1 is 0.889 bits per heavy atom. The van der Waals surface area contributed by atoms with E-state index in [4.69, 9.17) is 4.74 Å².